The van der Waals surface area contributed by atoms with Crippen LogP contribution in [0.1, 0.15) is 43.7 Å². The first-order valence-corrected chi connectivity index (χ1v) is 6.28. The van der Waals surface area contributed by atoms with Crippen LogP contribution in [0, 0.1) is 0 Å². The van der Waals surface area contributed by atoms with Gasteiger partial charge in [0.05, 0.1) is 18.8 Å². The van der Waals surface area contributed by atoms with Gasteiger partial charge in [-0.3, -0.25) is 0 Å². The van der Waals surface area contributed by atoms with Crippen LogP contribution in [0.5, 0.6) is 5.75 Å². The normalized spacial score (nSPS) is 20.9. The molecule has 3 N–H and O–H groups in total. The Morgan fingerprint density at radius 2 is 1.76 bits per heavy atom. The lowest BCUT2D eigenvalue weighted by Crippen LogP contribution is -2.42. The van der Waals surface area contributed by atoms with Gasteiger partial charge in [0.1, 0.15) is 5.75 Å². The van der Waals surface area contributed by atoms with Crippen LogP contribution in [0.15, 0.2) is 24.3 Å². The average molecular weight is 235 g/mol. The third-order valence-electron chi connectivity index (χ3n) is 3.77. The van der Waals surface area contributed by atoms with Gasteiger partial charge in [-0.1, -0.05) is 31.4 Å². The number of nitrogens with two attached hydrogens (primary N) is 1. The van der Waals surface area contributed by atoms with E-state index in [-0.39, 0.29) is 6.04 Å². The molecule has 0 aromatic heterocycles. The molecule has 0 saturated heterocycles. The highest BCUT2D eigenvalue weighted by Gasteiger charge is 2.36. The minimum absolute atomic E-state index is 0.297. The van der Waals surface area contributed by atoms with E-state index in [1.165, 1.54) is 6.42 Å². The highest BCUT2D eigenvalue weighted by atomic mass is 16.5. The molecular formula is C14H21NO2. The number of hydrogen-bond donors (Lipinski definition) is 2. The Morgan fingerprint density at radius 1 is 1.18 bits per heavy atom. The van der Waals surface area contributed by atoms with Gasteiger partial charge in [-0.2, -0.15) is 0 Å². The van der Waals surface area contributed by atoms with E-state index in [4.69, 9.17) is 10.5 Å². The number of rotatable bonds is 3. The Bertz CT molecular complexity index is 355. The number of methoxy groups -OCH3 is 1. The molecule has 1 aliphatic rings. The molecule has 1 aromatic rings. The van der Waals surface area contributed by atoms with E-state index in [0.29, 0.717) is 0 Å². The Morgan fingerprint density at radius 3 is 2.29 bits per heavy atom. The first kappa shape index (κ1) is 12.4. The Hall–Kier alpha value is -1.06. The van der Waals surface area contributed by atoms with E-state index >= 15 is 0 Å². The standard InChI is InChI=1S/C14H21NO2/c1-17-12-7-5-11(6-8-12)13(15)14(16)9-3-2-4-10-14/h5-8,13,16H,2-4,9-10,15H2,1H3. The van der Waals surface area contributed by atoms with Crippen LogP contribution in [0.4, 0.5) is 0 Å². The summed E-state index contributed by atoms with van der Waals surface area (Å²) in [6.07, 6.45) is 4.96. The summed E-state index contributed by atoms with van der Waals surface area (Å²) in [5.41, 5.74) is 6.46. The molecule has 17 heavy (non-hydrogen) atoms. The summed E-state index contributed by atoms with van der Waals surface area (Å²) < 4.78 is 5.12. The Balaban J connectivity index is 2.14. The molecule has 1 saturated carbocycles. The highest BCUT2D eigenvalue weighted by molar-refractivity contribution is 5.30. The van der Waals surface area contributed by atoms with Gasteiger partial charge in [-0.05, 0) is 30.5 Å². The molecule has 1 fully saturated rings. The van der Waals surface area contributed by atoms with Gasteiger partial charge < -0.3 is 15.6 Å². The molecule has 3 nitrogen and oxygen atoms in total. The molecule has 2 rings (SSSR count). The number of benzene rings is 1. The summed E-state index contributed by atoms with van der Waals surface area (Å²) >= 11 is 0. The number of ether oxygens (including phenoxy) is 1. The van der Waals surface area contributed by atoms with Crippen molar-refractivity contribution in [3.05, 3.63) is 29.8 Å². The zero-order chi connectivity index (χ0) is 12.3. The first-order chi connectivity index (χ1) is 8.15. The highest BCUT2D eigenvalue weighted by Crippen LogP contribution is 2.37. The molecule has 0 aliphatic heterocycles. The maximum atomic E-state index is 10.6. The summed E-state index contributed by atoms with van der Waals surface area (Å²) in [5, 5.41) is 10.6. The largest absolute Gasteiger partial charge is 0.497 e. The van der Waals surface area contributed by atoms with Crippen molar-refractivity contribution in [2.75, 3.05) is 7.11 Å². The quantitative estimate of drug-likeness (QED) is 0.845. The molecule has 3 heteroatoms. The van der Waals surface area contributed by atoms with Gasteiger partial charge in [-0.25, -0.2) is 0 Å². The van der Waals surface area contributed by atoms with Crippen molar-refractivity contribution in [2.24, 2.45) is 5.73 Å². The molecule has 1 atom stereocenters. The van der Waals surface area contributed by atoms with Gasteiger partial charge in [0.15, 0.2) is 0 Å². The van der Waals surface area contributed by atoms with Crippen LogP contribution in [-0.4, -0.2) is 17.8 Å². The van der Waals surface area contributed by atoms with Crippen molar-refractivity contribution >= 4 is 0 Å². The summed E-state index contributed by atoms with van der Waals surface area (Å²) in [4.78, 5) is 0. The topological polar surface area (TPSA) is 55.5 Å². The van der Waals surface area contributed by atoms with Crippen molar-refractivity contribution in [1.29, 1.82) is 0 Å². The molecule has 1 aliphatic carbocycles. The molecule has 0 radical (unpaired) electrons. The van der Waals surface area contributed by atoms with Gasteiger partial charge in [0.25, 0.3) is 0 Å². The third kappa shape index (κ3) is 2.61. The van der Waals surface area contributed by atoms with Crippen molar-refractivity contribution in [2.45, 2.75) is 43.7 Å². The molecule has 1 aromatic carbocycles. The van der Waals surface area contributed by atoms with E-state index in [0.717, 1.165) is 37.0 Å². The molecule has 0 heterocycles. The Labute approximate surface area is 103 Å². The van der Waals surface area contributed by atoms with Crippen LogP contribution < -0.4 is 10.5 Å². The SMILES string of the molecule is COc1ccc(C(N)C2(O)CCCCC2)cc1. The summed E-state index contributed by atoms with van der Waals surface area (Å²) in [6, 6.07) is 7.36. The minimum atomic E-state index is -0.729. The molecule has 0 amide bonds. The van der Waals surface area contributed by atoms with E-state index < -0.39 is 5.60 Å². The van der Waals surface area contributed by atoms with E-state index in [1.807, 2.05) is 24.3 Å². The van der Waals surface area contributed by atoms with Crippen LogP contribution in [-0.2, 0) is 0 Å². The lowest BCUT2D eigenvalue weighted by Gasteiger charge is -2.37. The number of aliphatic hydroxyl groups is 1. The molecule has 0 bridgehead atoms. The maximum Gasteiger partial charge on any atom is 0.118 e. The van der Waals surface area contributed by atoms with Crippen LogP contribution in [0.3, 0.4) is 0 Å². The maximum absolute atomic E-state index is 10.6. The Kier molecular flexibility index (Phi) is 3.69. The fraction of sp³-hybridized carbons (Fsp3) is 0.571. The fourth-order valence-corrected chi connectivity index (χ4v) is 2.60. The summed E-state index contributed by atoms with van der Waals surface area (Å²) in [7, 11) is 1.64. The summed E-state index contributed by atoms with van der Waals surface area (Å²) in [6.45, 7) is 0. The van der Waals surface area contributed by atoms with Crippen LogP contribution in [0.2, 0.25) is 0 Å². The molecule has 1 unspecified atom stereocenters. The van der Waals surface area contributed by atoms with Gasteiger partial charge in [-0.15, -0.1) is 0 Å². The molecule has 0 spiro atoms. The van der Waals surface area contributed by atoms with E-state index in [1.54, 1.807) is 7.11 Å². The van der Waals surface area contributed by atoms with Crippen LogP contribution >= 0.6 is 0 Å². The second kappa shape index (κ2) is 5.07. The predicted molar refractivity (Wildman–Crippen MR) is 68.0 cm³/mol. The monoisotopic (exact) mass is 235 g/mol. The van der Waals surface area contributed by atoms with Crippen molar-refractivity contribution in [3.63, 3.8) is 0 Å². The third-order valence-corrected chi connectivity index (χ3v) is 3.77. The second-order valence-electron chi connectivity index (χ2n) is 4.92. The predicted octanol–water partition coefficient (Wildman–Crippen LogP) is 2.39. The smallest absolute Gasteiger partial charge is 0.118 e. The van der Waals surface area contributed by atoms with Crippen molar-refractivity contribution < 1.29 is 9.84 Å². The zero-order valence-electron chi connectivity index (χ0n) is 10.4. The van der Waals surface area contributed by atoms with Crippen LogP contribution in [0.25, 0.3) is 0 Å². The second-order valence-corrected chi connectivity index (χ2v) is 4.92. The van der Waals surface area contributed by atoms with Gasteiger partial charge in [0.2, 0.25) is 0 Å². The van der Waals surface area contributed by atoms with Gasteiger partial charge in [0, 0.05) is 0 Å². The van der Waals surface area contributed by atoms with Crippen molar-refractivity contribution in [1.82, 2.24) is 0 Å². The average Bonchev–Trinajstić information content (AvgIpc) is 2.39. The lowest BCUT2D eigenvalue weighted by atomic mass is 9.77. The molecule has 94 valence electrons. The van der Waals surface area contributed by atoms with Gasteiger partial charge >= 0.3 is 0 Å². The first-order valence-electron chi connectivity index (χ1n) is 6.28. The minimum Gasteiger partial charge on any atom is -0.497 e. The number of hydrogen-bond acceptors (Lipinski definition) is 3. The van der Waals surface area contributed by atoms with E-state index in [9.17, 15) is 5.11 Å². The van der Waals surface area contributed by atoms with E-state index in [2.05, 4.69) is 0 Å². The fourth-order valence-electron chi connectivity index (χ4n) is 2.60. The zero-order valence-corrected chi connectivity index (χ0v) is 10.4. The summed E-state index contributed by atoms with van der Waals surface area (Å²) in [5.74, 6) is 0.816. The van der Waals surface area contributed by atoms with Crippen molar-refractivity contribution in [3.8, 4) is 5.75 Å². The molecular weight excluding hydrogens is 214 g/mol. The lowest BCUT2D eigenvalue weighted by molar-refractivity contribution is -0.0203.